The molecule has 26 heavy (non-hydrogen) atoms. The topological polar surface area (TPSA) is 74.8 Å². The zero-order valence-electron chi connectivity index (χ0n) is 13.9. The summed E-state index contributed by atoms with van der Waals surface area (Å²) in [4.78, 5) is -0.103. The van der Waals surface area contributed by atoms with Crippen LogP contribution in [-0.2, 0) is 22.6 Å². The van der Waals surface area contributed by atoms with Gasteiger partial charge in [-0.05, 0) is 43.2 Å². The summed E-state index contributed by atoms with van der Waals surface area (Å²) in [6.45, 7) is 1.79. The molecule has 0 fully saturated rings. The van der Waals surface area contributed by atoms with Crippen LogP contribution in [0.3, 0.4) is 0 Å². The number of aryl methyl sites for hydroxylation is 1. The Morgan fingerprint density at radius 2 is 2.12 bits per heavy atom. The van der Waals surface area contributed by atoms with E-state index >= 15 is 0 Å². The first-order valence-corrected chi connectivity index (χ1v) is 10.6. The molecular formula is C16H18F3N3O2S2. The Morgan fingerprint density at radius 3 is 2.81 bits per heavy atom. The molecule has 5 nitrogen and oxygen atoms in total. The van der Waals surface area contributed by atoms with Gasteiger partial charge in [-0.1, -0.05) is 6.92 Å². The molecule has 1 aromatic carbocycles. The lowest BCUT2D eigenvalue weighted by Crippen LogP contribution is -2.31. The minimum absolute atomic E-state index is 0.273. The van der Waals surface area contributed by atoms with Gasteiger partial charge in [0.1, 0.15) is 0 Å². The van der Waals surface area contributed by atoms with Gasteiger partial charge < -0.3 is 0 Å². The third-order valence-electron chi connectivity index (χ3n) is 4.17. The van der Waals surface area contributed by atoms with Crippen LogP contribution in [0.1, 0.15) is 42.6 Å². The summed E-state index contributed by atoms with van der Waals surface area (Å²) in [5.74, 6) is 0.537. The van der Waals surface area contributed by atoms with E-state index in [-0.39, 0.29) is 9.79 Å². The van der Waals surface area contributed by atoms with Crippen LogP contribution in [0.5, 0.6) is 0 Å². The number of fused-ring (bicyclic) bond motifs is 1. The highest BCUT2D eigenvalue weighted by Crippen LogP contribution is 2.35. The number of sulfonamides is 1. The second-order valence-electron chi connectivity index (χ2n) is 5.99. The van der Waals surface area contributed by atoms with E-state index in [0.29, 0.717) is 18.2 Å². The van der Waals surface area contributed by atoms with Crippen LogP contribution in [0.2, 0.25) is 0 Å². The first-order chi connectivity index (χ1) is 12.2. The predicted molar refractivity (Wildman–Crippen MR) is 92.4 cm³/mol. The van der Waals surface area contributed by atoms with Crippen molar-refractivity contribution in [2.75, 3.05) is 5.75 Å². The quantitative estimate of drug-likeness (QED) is 0.740. The van der Waals surface area contributed by atoms with Crippen molar-refractivity contribution >= 4 is 21.8 Å². The fraction of sp³-hybridized carbons (Fsp3) is 0.438. The number of benzene rings is 1. The largest absolute Gasteiger partial charge is 0.416 e. The van der Waals surface area contributed by atoms with Crippen molar-refractivity contribution in [3.05, 3.63) is 41.2 Å². The van der Waals surface area contributed by atoms with E-state index in [2.05, 4.69) is 14.9 Å². The number of thioether (sulfide) groups is 1. The Balaban J connectivity index is 1.96. The van der Waals surface area contributed by atoms with Crippen molar-refractivity contribution in [3.63, 3.8) is 0 Å². The molecule has 1 aliphatic carbocycles. The summed E-state index contributed by atoms with van der Waals surface area (Å²) >= 11 is 1.16. The SMILES string of the molecule is CCSc1cc(C(F)(F)F)cc(S(=O)(=O)N[C@@H]2CCCc3[nH]ncc32)c1. The molecule has 3 rings (SSSR count). The Morgan fingerprint density at radius 1 is 1.35 bits per heavy atom. The summed E-state index contributed by atoms with van der Waals surface area (Å²) in [6, 6.07) is 2.44. The number of hydrogen-bond acceptors (Lipinski definition) is 4. The van der Waals surface area contributed by atoms with E-state index in [4.69, 9.17) is 0 Å². The molecule has 0 unspecified atom stereocenters. The number of nitrogens with one attached hydrogen (secondary N) is 2. The molecule has 1 aliphatic rings. The summed E-state index contributed by atoms with van der Waals surface area (Å²) in [7, 11) is -4.11. The normalized spacial score (nSPS) is 17.9. The number of H-pyrrole nitrogens is 1. The van der Waals surface area contributed by atoms with Gasteiger partial charge >= 0.3 is 6.18 Å². The number of rotatable bonds is 5. The summed E-state index contributed by atoms with van der Waals surface area (Å²) in [6.07, 6.45) is -0.944. The third kappa shape index (κ3) is 4.07. The molecule has 10 heteroatoms. The lowest BCUT2D eigenvalue weighted by Gasteiger charge is -2.23. The molecule has 1 heterocycles. The number of aromatic amines is 1. The van der Waals surface area contributed by atoms with E-state index in [1.165, 1.54) is 6.07 Å². The maximum Gasteiger partial charge on any atom is 0.416 e. The number of alkyl halides is 3. The Hall–Kier alpha value is -1.52. The van der Waals surface area contributed by atoms with Crippen molar-refractivity contribution in [3.8, 4) is 0 Å². The second kappa shape index (κ2) is 7.24. The van der Waals surface area contributed by atoms with E-state index in [1.54, 1.807) is 13.1 Å². The molecule has 142 valence electrons. The zero-order chi connectivity index (χ0) is 18.9. The van der Waals surface area contributed by atoms with Crippen LogP contribution in [0.25, 0.3) is 0 Å². The number of halogens is 3. The first-order valence-electron chi connectivity index (χ1n) is 8.10. The maximum atomic E-state index is 13.2. The number of hydrogen-bond donors (Lipinski definition) is 2. The standard InChI is InChI=1S/C16H18F3N3O2S2/c1-2-25-11-6-10(16(17,18)19)7-12(8-11)26(23,24)22-15-5-3-4-14-13(15)9-20-21-14/h6-9,15,22H,2-5H2,1H3,(H,20,21)/t15-/m1/s1. The minimum atomic E-state index is -4.61. The van der Waals surface area contributed by atoms with Crippen LogP contribution in [0, 0.1) is 0 Å². The smallest absolute Gasteiger partial charge is 0.282 e. The zero-order valence-corrected chi connectivity index (χ0v) is 15.6. The number of aromatic nitrogens is 2. The fourth-order valence-corrected chi connectivity index (χ4v) is 5.13. The van der Waals surface area contributed by atoms with Gasteiger partial charge in [-0.3, -0.25) is 5.10 Å². The van der Waals surface area contributed by atoms with Crippen molar-refractivity contribution in [2.24, 2.45) is 0 Å². The van der Waals surface area contributed by atoms with Crippen molar-refractivity contribution in [1.82, 2.24) is 14.9 Å². The van der Waals surface area contributed by atoms with Crippen LogP contribution in [0.15, 0.2) is 34.2 Å². The summed E-state index contributed by atoms with van der Waals surface area (Å²) in [5, 5.41) is 6.76. The molecule has 0 bridgehead atoms. The highest BCUT2D eigenvalue weighted by molar-refractivity contribution is 7.99. The molecule has 2 N–H and O–H groups in total. The van der Waals surface area contributed by atoms with Gasteiger partial charge in [-0.2, -0.15) is 18.3 Å². The Kier molecular flexibility index (Phi) is 5.36. The molecule has 0 amide bonds. The van der Waals surface area contributed by atoms with E-state index in [1.807, 2.05) is 0 Å². The molecule has 0 spiro atoms. The van der Waals surface area contributed by atoms with Crippen molar-refractivity contribution < 1.29 is 21.6 Å². The third-order valence-corrected chi connectivity index (χ3v) is 6.48. The van der Waals surface area contributed by atoms with Gasteiger partial charge in [0.05, 0.1) is 22.7 Å². The Bertz CT molecular complexity index is 894. The van der Waals surface area contributed by atoms with Gasteiger partial charge in [-0.25, -0.2) is 13.1 Å². The van der Waals surface area contributed by atoms with Gasteiger partial charge in [0, 0.05) is 16.2 Å². The molecule has 0 saturated heterocycles. The molecule has 0 radical (unpaired) electrons. The van der Waals surface area contributed by atoms with Gasteiger partial charge in [0.2, 0.25) is 10.0 Å². The fourth-order valence-electron chi connectivity index (χ4n) is 2.98. The average molecular weight is 405 g/mol. The minimum Gasteiger partial charge on any atom is -0.282 e. The first kappa shape index (κ1) is 19.2. The van der Waals surface area contributed by atoms with E-state index in [0.717, 1.165) is 41.9 Å². The number of nitrogens with zero attached hydrogens (tertiary/aromatic N) is 1. The van der Waals surface area contributed by atoms with Crippen molar-refractivity contribution in [1.29, 1.82) is 0 Å². The Labute approximate surface area is 153 Å². The van der Waals surface area contributed by atoms with E-state index in [9.17, 15) is 21.6 Å². The van der Waals surface area contributed by atoms with Gasteiger partial charge in [0.15, 0.2) is 0 Å². The second-order valence-corrected chi connectivity index (χ2v) is 9.05. The molecule has 1 aromatic heterocycles. The van der Waals surface area contributed by atoms with Crippen LogP contribution >= 0.6 is 11.8 Å². The molecule has 0 aliphatic heterocycles. The lowest BCUT2D eigenvalue weighted by molar-refractivity contribution is -0.137. The molecular weight excluding hydrogens is 387 g/mol. The van der Waals surface area contributed by atoms with Crippen LogP contribution in [0.4, 0.5) is 13.2 Å². The average Bonchev–Trinajstić information content (AvgIpc) is 3.03. The van der Waals surface area contributed by atoms with Gasteiger partial charge in [-0.15, -0.1) is 11.8 Å². The van der Waals surface area contributed by atoms with Crippen LogP contribution in [-0.4, -0.2) is 24.4 Å². The summed E-state index contributed by atoms with van der Waals surface area (Å²) < 4.78 is 67.5. The van der Waals surface area contributed by atoms with Gasteiger partial charge in [0.25, 0.3) is 0 Å². The highest BCUT2D eigenvalue weighted by atomic mass is 32.2. The lowest BCUT2D eigenvalue weighted by atomic mass is 9.94. The monoisotopic (exact) mass is 405 g/mol. The van der Waals surface area contributed by atoms with Crippen LogP contribution < -0.4 is 4.72 Å². The van der Waals surface area contributed by atoms with Crippen molar-refractivity contribution in [2.45, 2.75) is 48.2 Å². The molecule has 2 aromatic rings. The maximum absolute atomic E-state index is 13.2. The highest BCUT2D eigenvalue weighted by Gasteiger charge is 2.33. The molecule has 1 atom stereocenters. The summed E-state index contributed by atoms with van der Waals surface area (Å²) in [5.41, 5.74) is 0.633. The predicted octanol–water partition coefficient (Wildman–Crippen LogP) is 3.90. The van der Waals surface area contributed by atoms with E-state index < -0.39 is 27.8 Å². The molecule has 0 saturated carbocycles.